The van der Waals surface area contributed by atoms with E-state index in [1.54, 1.807) is 0 Å². The summed E-state index contributed by atoms with van der Waals surface area (Å²) in [5, 5.41) is 0. The lowest BCUT2D eigenvalue weighted by molar-refractivity contribution is 0.608. The van der Waals surface area contributed by atoms with Gasteiger partial charge in [-0.1, -0.05) is 11.8 Å². The smallest absolute Gasteiger partial charge is 0.207 e. The Morgan fingerprint density at radius 2 is 0.875 bits per heavy atom. The second kappa shape index (κ2) is 7.29. The van der Waals surface area contributed by atoms with Crippen LogP contribution in [0.3, 0.4) is 0 Å². The van der Waals surface area contributed by atoms with Crippen molar-refractivity contribution in [3.63, 3.8) is 0 Å². The molecule has 0 spiro atoms. The minimum absolute atomic E-state index is 0.00451. The van der Waals surface area contributed by atoms with E-state index < -0.39 is 18.1 Å². The van der Waals surface area contributed by atoms with Crippen LogP contribution in [-0.4, -0.2) is 16.8 Å². The molecule has 0 bridgehead atoms. The first-order valence-corrected chi connectivity index (χ1v) is 10.9. The fourth-order valence-corrected chi connectivity index (χ4v) is 3.15. The van der Waals surface area contributed by atoms with Crippen LogP contribution in [0.4, 0.5) is 0 Å². The van der Waals surface area contributed by atoms with E-state index in [-0.39, 0.29) is 9.79 Å². The molecule has 24 heavy (non-hydrogen) atoms. The summed E-state index contributed by atoms with van der Waals surface area (Å²) in [6, 6.07) is 11.5. The Hall–Kier alpha value is -1.96. The number of rotatable bonds is 2. The Labute approximate surface area is 149 Å². The molecule has 0 unspecified atom stereocenters. The lowest BCUT2D eigenvalue weighted by Gasteiger charge is -1.95. The van der Waals surface area contributed by atoms with Crippen molar-refractivity contribution in [2.75, 3.05) is 0 Å². The predicted octanol–water partition coefficient (Wildman–Crippen LogP) is 2.94. The van der Waals surface area contributed by atoms with Crippen molar-refractivity contribution in [3.8, 4) is 23.7 Å². The Kier molecular flexibility index (Phi) is 5.58. The van der Waals surface area contributed by atoms with Crippen LogP contribution >= 0.6 is 21.4 Å². The molecule has 0 aliphatic rings. The first kappa shape index (κ1) is 18.4. The largest absolute Gasteiger partial charge is 0.261 e. The maximum absolute atomic E-state index is 11.1. The van der Waals surface area contributed by atoms with Gasteiger partial charge in [0.2, 0.25) is 0 Å². The summed E-state index contributed by atoms with van der Waals surface area (Å²) in [4.78, 5) is -0.00901. The maximum Gasteiger partial charge on any atom is 0.261 e. The number of halogens is 2. The first-order chi connectivity index (χ1) is 11.2. The molecule has 0 heterocycles. The fourth-order valence-electron chi connectivity index (χ4n) is 1.61. The van der Waals surface area contributed by atoms with E-state index in [2.05, 4.69) is 23.7 Å². The third kappa shape index (κ3) is 5.30. The quantitative estimate of drug-likeness (QED) is 0.575. The standard InChI is InChI=1S/C16H8Cl2O4S2/c17-23(19,20)15-9-5-13(6-10-15)3-1-2-4-14-7-11-16(12-8-14)24(18,21)22/h5-12H. The van der Waals surface area contributed by atoms with Crippen LogP contribution in [-0.2, 0) is 18.1 Å². The lowest BCUT2D eigenvalue weighted by Crippen LogP contribution is -1.89. The molecule has 0 radical (unpaired) electrons. The molecule has 0 atom stereocenters. The zero-order chi connectivity index (χ0) is 17.8. The monoisotopic (exact) mass is 398 g/mol. The lowest BCUT2D eigenvalue weighted by atomic mass is 10.2. The minimum Gasteiger partial charge on any atom is -0.207 e. The van der Waals surface area contributed by atoms with E-state index >= 15 is 0 Å². The molecule has 4 nitrogen and oxygen atoms in total. The normalized spacial score (nSPS) is 10.9. The highest BCUT2D eigenvalue weighted by Crippen LogP contribution is 2.15. The van der Waals surface area contributed by atoms with E-state index in [0.717, 1.165) is 0 Å². The van der Waals surface area contributed by atoms with Crippen LogP contribution in [0.5, 0.6) is 0 Å². The summed E-state index contributed by atoms with van der Waals surface area (Å²) in [7, 11) is 2.92. The van der Waals surface area contributed by atoms with Gasteiger partial charge in [0.25, 0.3) is 18.1 Å². The molecule has 2 aromatic carbocycles. The summed E-state index contributed by atoms with van der Waals surface area (Å²) in [5.74, 6) is 10.7. The topological polar surface area (TPSA) is 68.3 Å². The molecule has 0 aliphatic carbocycles. The van der Waals surface area contributed by atoms with Gasteiger partial charge in [-0.2, -0.15) is 0 Å². The van der Waals surface area contributed by atoms with E-state index in [4.69, 9.17) is 21.4 Å². The maximum atomic E-state index is 11.1. The van der Waals surface area contributed by atoms with Gasteiger partial charge in [-0.05, 0) is 60.4 Å². The molecular formula is C16H8Cl2O4S2. The van der Waals surface area contributed by atoms with Gasteiger partial charge in [-0.25, -0.2) is 16.8 Å². The van der Waals surface area contributed by atoms with Gasteiger partial charge in [0.15, 0.2) is 0 Å². The van der Waals surface area contributed by atoms with E-state index in [1.165, 1.54) is 48.5 Å². The molecule has 0 aromatic heterocycles. The zero-order valence-corrected chi connectivity index (χ0v) is 15.0. The van der Waals surface area contributed by atoms with Crippen LogP contribution in [0.2, 0.25) is 0 Å². The van der Waals surface area contributed by atoms with Crippen LogP contribution in [0.1, 0.15) is 11.1 Å². The second-order valence-corrected chi connectivity index (χ2v) is 9.56. The van der Waals surface area contributed by atoms with Crippen LogP contribution in [0.25, 0.3) is 0 Å². The number of benzene rings is 2. The Bertz CT molecular complexity index is 988. The molecule has 0 amide bonds. The molecular weight excluding hydrogens is 391 g/mol. The Morgan fingerprint density at radius 3 is 1.12 bits per heavy atom. The van der Waals surface area contributed by atoms with Gasteiger partial charge < -0.3 is 0 Å². The molecule has 0 N–H and O–H groups in total. The average molecular weight is 399 g/mol. The van der Waals surface area contributed by atoms with Gasteiger partial charge in [0.1, 0.15) is 0 Å². The first-order valence-electron chi connectivity index (χ1n) is 6.28. The molecule has 8 heteroatoms. The molecule has 122 valence electrons. The van der Waals surface area contributed by atoms with E-state index in [1.807, 2.05) is 0 Å². The highest BCUT2D eigenvalue weighted by Gasteiger charge is 2.08. The molecule has 0 saturated carbocycles. The SMILES string of the molecule is O=S(=O)(Cl)c1ccc(C#CC#Cc2ccc(S(=O)(=O)Cl)cc2)cc1. The van der Waals surface area contributed by atoms with Crippen molar-refractivity contribution >= 4 is 39.5 Å². The van der Waals surface area contributed by atoms with Crippen molar-refractivity contribution in [3.05, 3.63) is 59.7 Å². The molecule has 0 fully saturated rings. The third-order valence-electron chi connectivity index (χ3n) is 2.75. The molecule has 2 rings (SSSR count). The van der Waals surface area contributed by atoms with E-state index in [9.17, 15) is 16.8 Å². The molecule has 0 saturated heterocycles. The van der Waals surface area contributed by atoms with Crippen molar-refractivity contribution in [1.82, 2.24) is 0 Å². The predicted molar refractivity (Wildman–Crippen MR) is 92.7 cm³/mol. The Balaban J connectivity index is 2.13. The van der Waals surface area contributed by atoms with Crippen LogP contribution in [0, 0.1) is 23.7 Å². The summed E-state index contributed by atoms with van der Waals surface area (Å²) < 4.78 is 44.4. The van der Waals surface area contributed by atoms with Gasteiger partial charge in [0, 0.05) is 32.5 Å². The van der Waals surface area contributed by atoms with Crippen LogP contribution in [0.15, 0.2) is 58.3 Å². The minimum atomic E-state index is -3.75. The van der Waals surface area contributed by atoms with Gasteiger partial charge in [0.05, 0.1) is 9.79 Å². The Morgan fingerprint density at radius 1 is 0.583 bits per heavy atom. The average Bonchev–Trinajstić information content (AvgIpc) is 2.51. The zero-order valence-electron chi connectivity index (χ0n) is 11.8. The van der Waals surface area contributed by atoms with Crippen LogP contribution < -0.4 is 0 Å². The van der Waals surface area contributed by atoms with E-state index in [0.29, 0.717) is 11.1 Å². The number of hydrogen-bond acceptors (Lipinski definition) is 4. The molecule has 0 aliphatic heterocycles. The van der Waals surface area contributed by atoms with Gasteiger partial charge >= 0.3 is 0 Å². The molecule has 2 aromatic rings. The second-order valence-electron chi connectivity index (χ2n) is 4.42. The highest BCUT2D eigenvalue weighted by molar-refractivity contribution is 8.14. The summed E-state index contributed by atoms with van der Waals surface area (Å²) in [6.45, 7) is 0. The third-order valence-corrected chi connectivity index (χ3v) is 5.49. The fraction of sp³-hybridized carbons (Fsp3) is 0. The summed E-state index contributed by atoms with van der Waals surface area (Å²) in [5.41, 5.74) is 1.16. The summed E-state index contributed by atoms with van der Waals surface area (Å²) in [6.07, 6.45) is 0. The van der Waals surface area contributed by atoms with Gasteiger partial charge in [-0.15, -0.1) is 0 Å². The van der Waals surface area contributed by atoms with Crippen molar-refractivity contribution in [2.24, 2.45) is 0 Å². The summed E-state index contributed by atoms with van der Waals surface area (Å²) >= 11 is 0. The number of hydrogen-bond donors (Lipinski definition) is 0. The highest BCUT2D eigenvalue weighted by atomic mass is 35.7. The van der Waals surface area contributed by atoms with Crippen molar-refractivity contribution < 1.29 is 16.8 Å². The van der Waals surface area contributed by atoms with Crippen molar-refractivity contribution in [1.29, 1.82) is 0 Å². The van der Waals surface area contributed by atoms with Gasteiger partial charge in [-0.3, -0.25) is 0 Å². The van der Waals surface area contributed by atoms with Crippen molar-refractivity contribution in [2.45, 2.75) is 9.79 Å².